The van der Waals surface area contributed by atoms with Gasteiger partial charge in [0.2, 0.25) is 0 Å². The van der Waals surface area contributed by atoms with Crippen LogP contribution < -0.4 is 4.90 Å². The van der Waals surface area contributed by atoms with Crippen LogP contribution >= 0.6 is 0 Å². The molecule has 0 spiro atoms. The molecule has 5 nitrogen and oxygen atoms in total. The third-order valence-corrected chi connectivity index (χ3v) is 2.51. The maximum Gasteiger partial charge on any atom is 0.405 e. The number of nitrogens with zero attached hydrogens (tertiary/aromatic N) is 3. The summed E-state index contributed by atoms with van der Waals surface area (Å²) in [6.45, 7) is -0.565. The van der Waals surface area contributed by atoms with Gasteiger partial charge in [0.1, 0.15) is 12.4 Å². The predicted molar refractivity (Wildman–Crippen MR) is 59.2 cm³/mol. The zero-order chi connectivity index (χ0) is 13.9. The van der Waals surface area contributed by atoms with Gasteiger partial charge >= 0.3 is 6.18 Å². The summed E-state index contributed by atoms with van der Waals surface area (Å²) < 4.78 is 38.7. The summed E-state index contributed by atoms with van der Waals surface area (Å²) in [5.74, 6) is 0.182. The molecule has 0 atom stereocenters. The Labute approximate surface area is 102 Å². The molecule has 8 heteroatoms. The van der Waals surface area contributed by atoms with E-state index >= 15 is 0 Å². The molecule has 0 unspecified atom stereocenters. The van der Waals surface area contributed by atoms with Crippen LogP contribution in [0.4, 0.5) is 19.0 Å². The first-order valence-corrected chi connectivity index (χ1v) is 5.36. The Hall–Kier alpha value is -1.28. The average Bonchev–Trinajstić information content (AvgIpc) is 2.50. The van der Waals surface area contributed by atoms with E-state index in [2.05, 4.69) is 5.10 Å². The van der Waals surface area contributed by atoms with Crippen LogP contribution in [0.25, 0.3) is 0 Å². The van der Waals surface area contributed by atoms with Crippen LogP contribution in [0.15, 0.2) is 0 Å². The molecule has 0 radical (unpaired) electrons. The number of halogens is 3. The van der Waals surface area contributed by atoms with E-state index in [9.17, 15) is 18.3 Å². The van der Waals surface area contributed by atoms with E-state index < -0.39 is 25.9 Å². The SMILES string of the molecule is Cc1nn(C)c(N(CCO)CC(F)(F)F)c1CO. The van der Waals surface area contributed by atoms with E-state index in [1.165, 1.54) is 11.7 Å². The van der Waals surface area contributed by atoms with Crippen molar-refractivity contribution in [2.75, 3.05) is 24.6 Å². The van der Waals surface area contributed by atoms with Crippen LogP contribution in [0.2, 0.25) is 0 Å². The number of rotatable bonds is 5. The van der Waals surface area contributed by atoms with Gasteiger partial charge in [-0.3, -0.25) is 4.68 Å². The molecule has 0 bridgehead atoms. The Kier molecular flexibility index (Phi) is 4.58. The molecule has 0 aliphatic carbocycles. The standard InChI is InChI=1S/C10H16F3N3O2/c1-7-8(5-18)9(15(2)14-7)16(3-4-17)6-10(11,12)13/h17-18H,3-6H2,1-2H3. The van der Waals surface area contributed by atoms with E-state index in [0.717, 1.165) is 4.90 Å². The number of aromatic nitrogens is 2. The smallest absolute Gasteiger partial charge is 0.395 e. The Bertz CT molecular complexity index is 404. The lowest BCUT2D eigenvalue weighted by atomic mass is 10.2. The number of aryl methyl sites for hydroxylation is 2. The normalized spacial score (nSPS) is 11.9. The van der Waals surface area contributed by atoms with E-state index in [-0.39, 0.29) is 12.4 Å². The van der Waals surface area contributed by atoms with Crippen molar-refractivity contribution in [1.29, 1.82) is 0 Å². The number of anilines is 1. The van der Waals surface area contributed by atoms with Crippen molar-refractivity contribution in [2.45, 2.75) is 19.7 Å². The molecule has 0 saturated carbocycles. The van der Waals surface area contributed by atoms with Crippen LogP contribution in [-0.4, -0.2) is 45.9 Å². The molecular formula is C10H16F3N3O2. The van der Waals surface area contributed by atoms with Gasteiger partial charge in [-0.2, -0.15) is 18.3 Å². The minimum atomic E-state index is -4.39. The van der Waals surface area contributed by atoms with Crippen LogP contribution in [-0.2, 0) is 13.7 Å². The highest BCUT2D eigenvalue weighted by Crippen LogP contribution is 2.26. The average molecular weight is 267 g/mol. The number of hydrogen-bond donors (Lipinski definition) is 2. The van der Waals surface area contributed by atoms with E-state index in [1.807, 2.05) is 0 Å². The highest BCUT2D eigenvalue weighted by Gasteiger charge is 2.33. The summed E-state index contributed by atoms with van der Waals surface area (Å²) in [6.07, 6.45) is -4.39. The fourth-order valence-electron chi connectivity index (χ4n) is 1.87. The Balaban J connectivity index is 3.12. The highest BCUT2D eigenvalue weighted by molar-refractivity contribution is 5.50. The second-order valence-electron chi connectivity index (χ2n) is 3.93. The lowest BCUT2D eigenvalue weighted by Crippen LogP contribution is -2.38. The van der Waals surface area contributed by atoms with Gasteiger partial charge in [-0.25, -0.2) is 0 Å². The molecule has 1 aromatic rings. The molecule has 0 aliphatic heterocycles. The quantitative estimate of drug-likeness (QED) is 0.819. The monoisotopic (exact) mass is 267 g/mol. The maximum absolute atomic E-state index is 12.5. The van der Waals surface area contributed by atoms with Gasteiger partial charge in [0.25, 0.3) is 0 Å². The summed E-state index contributed by atoms with van der Waals surface area (Å²) in [7, 11) is 1.50. The van der Waals surface area contributed by atoms with Gasteiger partial charge in [0, 0.05) is 19.2 Å². The molecule has 1 heterocycles. The lowest BCUT2D eigenvalue weighted by molar-refractivity contribution is -0.120. The lowest BCUT2D eigenvalue weighted by Gasteiger charge is -2.25. The first-order chi connectivity index (χ1) is 8.30. The number of hydrogen-bond acceptors (Lipinski definition) is 4. The van der Waals surface area contributed by atoms with Crippen molar-refractivity contribution in [3.05, 3.63) is 11.3 Å². The zero-order valence-corrected chi connectivity index (χ0v) is 10.2. The molecule has 2 N–H and O–H groups in total. The zero-order valence-electron chi connectivity index (χ0n) is 10.2. The highest BCUT2D eigenvalue weighted by atomic mass is 19.4. The van der Waals surface area contributed by atoms with Crippen molar-refractivity contribution in [2.24, 2.45) is 7.05 Å². The number of aliphatic hydroxyl groups is 2. The van der Waals surface area contributed by atoms with Crippen LogP contribution in [0.1, 0.15) is 11.3 Å². The maximum atomic E-state index is 12.5. The Morgan fingerprint density at radius 2 is 1.94 bits per heavy atom. The fourth-order valence-corrected chi connectivity index (χ4v) is 1.87. The molecular weight excluding hydrogens is 251 g/mol. The number of aliphatic hydroxyl groups excluding tert-OH is 2. The molecule has 0 fully saturated rings. The third-order valence-electron chi connectivity index (χ3n) is 2.51. The molecule has 0 amide bonds. The predicted octanol–water partition coefficient (Wildman–Crippen LogP) is 0.582. The summed E-state index contributed by atoms with van der Waals surface area (Å²) in [4.78, 5) is 0.964. The summed E-state index contributed by atoms with van der Waals surface area (Å²) in [5.41, 5.74) is 0.815. The van der Waals surface area contributed by atoms with Crippen LogP contribution in [0, 0.1) is 6.92 Å². The summed E-state index contributed by atoms with van der Waals surface area (Å²) in [6, 6.07) is 0. The Morgan fingerprint density at radius 1 is 1.33 bits per heavy atom. The third kappa shape index (κ3) is 3.36. The van der Waals surface area contributed by atoms with Gasteiger partial charge in [-0.1, -0.05) is 0 Å². The van der Waals surface area contributed by atoms with E-state index in [0.29, 0.717) is 11.3 Å². The van der Waals surface area contributed by atoms with Crippen LogP contribution in [0.3, 0.4) is 0 Å². The summed E-state index contributed by atoms with van der Waals surface area (Å²) >= 11 is 0. The van der Waals surface area contributed by atoms with E-state index in [4.69, 9.17) is 5.11 Å². The summed E-state index contributed by atoms with van der Waals surface area (Å²) in [5, 5.41) is 22.0. The molecule has 1 rings (SSSR count). The van der Waals surface area contributed by atoms with Crippen molar-refractivity contribution in [1.82, 2.24) is 9.78 Å². The first-order valence-electron chi connectivity index (χ1n) is 5.36. The topological polar surface area (TPSA) is 61.5 Å². The largest absolute Gasteiger partial charge is 0.405 e. The Morgan fingerprint density at radius 3 is 2.39 bits per heavy atom. The molecule has 104 valence electrons. The van der Waals surface area contributed by atoms with Gasteiger partial charge in [-0.15, -0.1) is 0 Å². The second kappa shape index (κ2) is 5.57. The van der Waals surface area contributed by atoms with Crippen LogP contribution in [0.5, 0.6) is 0 Å². The number of alkyl halides is 3. The minimum absolute atomic E-state index is 0.175. The molecule has 0 saturated heterocycles. The van der Waals surface area contributed by atoms with E-state index in [1.54, 1.807) is 6.92 Å². The van der Waals surface area contributed by atoms with Gasteiger partial charge in [0.15, 0.2) is 0 Å². The first kappa shape index (κ1) is 14.8. The van der Waals surface area contributed by atoms with Gasteiger partial charge in [0.05, 0.1) is 18.9 Å². The molecule has 18 heavy (non-hydrogen) atoms. The fraction of sp³-hybridized carbons (Fsp3) is 0.700. The molecule has 0 aliphatic rings. The molecule has 1 aromatic heterocycles. The van der Waals surface area contributed by atoms with Crippen molar-refractivity contribution >= 4 is 5.82 Å². The minimum Gasteiger partial charge on any atom is -0.395 e. The van der Waals surface area contributed by atoms with Crippen molar-refractivity contribution < 1.29 is 23.4 Å². The van der Waals surface area contributed by atoms with Gasteiger partial charge in [-0.05, 0) is 6.92 Å². The second-order valence-corrected chi connectivity index (χ2v) is 3.93. The van der Waals surface area contributed by atoms with Crippen molar-refractivity contribution in [3.63, 3.8) is 0 Å². The van der Waals surface area contributed by atoms with Gasteiger partial charge < -0.3 is 15.1 Å². The molecule has 0 aromatic carbocycles. The van der Waals surface area contributed by atoms with Crippen molar-refractivity contribution in [3.8, 4) is 0 Å².